The van der Waals surface area contributed by atoms with E-state index in [4.69, 9.17) is 16.3 Å². The summed E-state index contributed by atoms with van der Waals surface area (Å²) in [5.74, 6) is 0.188. The number of aromatic nitrogens is 1. The van der Waals surface area contributed by atoms with E-state index in [1.807, 2.05) is 49.5 Å². The molecule has 5 nitrogen and oxygen atoms in total. The number of nitrogens with zero attached hydrogens (tertiary/aromatic N) is 2. The maximum absolute atomic E-state index is 11.8. The molecule has 2 aromatic carbocycles. The van der Waals surface area contributed by atoms with Gasteiger partial charge in [0, 0.05) is 28.2 Å². The molecule has 3 rings (SSSR count). The van der Waals surface area contributed by atoms with Gasteiger partial charge in [-0.2, -0.15) is 5.10 Å². The third kappa shape index (κ3) is 4.74. The Morgan fingerprint density at radius 1 is 1.19 bits per heavy atom. The Balaban J connectivity index is 1.54. The van der Waals surface area contributed by atoms with E-state index in [0.29, 0.717) is 10.8 Å². The molecule has 3 aromatic rings. The first kappa shape index (κ1) is 17.8. The lowest BCUT2D eigenvalue weighted by atomic mass is 10.3. The smallest absolute Gasteiger partial charge is 0.277 e. The van der Waals surface area contributed by atoms with Crippen molar-refractivity contribution in [1.82, 2.24) is 9.99 Å². The van der Waals surface area contributed by atoms with E-state index in [9.17, 15) is 4.79 Å². The number of hydrazone groups is 1. The van der Waals surface area contributed by atoms with E-state index in [0.717, 1.165) is 16.9 Å². The quantitative estimate of drug-likeness (QED) is 0.529. The normalized spacial score (nSPS) is 10.8. The summed E-state index contributed by atoms with van der Waals surface area (Å²) in [4.78, 5) is 11.8. The third-order valence-corrected chi connectivity index (χ3v) is 3.87. The number of hydrogen-bond acceptors (Lipinski definition) is 3. The maximum Gasteiger partial charge on any atom is 0.277 e. The van der Waals surface area contributed by atoms with Crippen molar-refractivity contribution in [3.05, 3.63) is 83.1 Å². The summed E-state index contributed by atoms with van der Waals surface area (Å²) in [5.41, 5.74) is 5.49. The van der Waals surface area contributed by atoms with Crippen molar-refractivity contribution in [2.75, 3.05) is 6.61 Å². The molecule has 0 bridgehead atoms. The van der Waals surface area contributed by atoms with Gasteiger partial charge in [0.25, 0.3) is 5.91 Å². The maximum atomic E-state index is 11.8. The van der Waals surface area contributed by atoms with Crippen molar-refractivity contribution >= 4 is 23.7 Å². The predicted molar refractivity (Wildman–Crippen MR) is 103 cm³/mol. The Hall–Kier alpha value is -3.05. The van der Waals surface area contributed by atoms with Crippen molar-refractivity contribution in [1.29, 1.82) is 0 Å². The molecule has 26 heavy (non-hydrogen) atoms. The number of aryl methyl sites for hydroxylation is 1. The fourth-order valence-corrected chi connectivity index (χ4v) is 2.63. The molecule has 1 N–H and O–H groups in total. The Morgan fingerprint density at radius 2 is 2.00 bits per heavy atom. The van der Waals surface area contributed by atoms with Crippen molar-refractivity contribution in [3.63, 3.8) is 0 Å². The third-order valence-electron chi connectivity index (χ3n) is 3.64. The molecule has 1 aromatic heterocycles. The number of ether oxygens (including phenoxy) is 1. The summed E-state index contributed by atoms with van der Waals surface area (Å²) in [6.07, 6.45) is 3.56. The number of nitrogens with one attached hydrogen (secondary N) is 1. The number of amides is 1. The van der Waals surface area contributed by atoms with E-state index in [2.05, 4.69) is 15.1 Å². The zero-order valence-corrected chi connectivity index (χ0v) is 15.0. The molecule has 6 heteroatoms. The average Bonchev–Trinajstić information content (AvgIpc) is 3.01. The number of halogens is 1. The summed E-state index contributed by atoms with van der Waals surface area (Å²) >= 11 is 5.86. The van der Waals surface area contributed by atoms with Crippen LogP contribution in [0.25, 0.3) is 5.69 Å². The number of carbonyl (C=O) groups is 1. The van der Waals surface area contributed by atoms with E-state index < -0.39 is 0 Å². The molecule has 0 saturated carbocycles. The Bertz CT molecular complexity index is 920. The number of carbonyl (C=O) groups excluding carboxylic acids is 1. The molecule has 0 aliphatic heterocycles. The van der Waals surface area contributed by atoms with Gasteiger partial charge in [-0.15, -0.1) is 0 Å². The standard InChI is InChI=1S/C20H18ClN3O2/c1-15-10-16(13-24(15)18-7-3-2-4-8-18)12-22-23-20(25)14-26-19-9-5-6-17(21)11-19/h2-13H,14H2,1H3,(H,23,25)/b22-12+. The lowest BCUT2D eigenvalue weighted by molar-refractivity contribution is -0.123. The SMILES string of the molecule is Cc1cc(/C=N/NC(=O)COc2cccc(Cl)c2)cn1-c1ccccc1. The van der Waals surface area contributed by atoms with Gasteiger partial charge < -0.3 is 9.30 Å². The predicted octanol–water partition coefficient (Wildman–Crippen LogP) is 3.97. The van der Waals surface area contributed by atoms with Crippen molar-refractivity contribution in [2.24, 2.45) is 5.10 Å². The van der Waals surface area contributed by atoms with E-state index in [-0.39, 0.29) is 12.5 Å². The second kappa shape index (κ2) is 8.36. The van der Waals surface area contributed by atoms with Crippen LogP contribution in [0.2, 0.25) is 5.02 Å². The lowest BCUT2D eigenvalue weighted by Crippen LogP contribution is -2.24. The molecule has 0 saturated heterocycles. The minimum Gasteiger partial charge on any atom is -0.484 e. The molecule has 0 radical (unpaired) electrons. The van der Waals surface area contributed by atoms with Gasteiger partial charge in [-0.25, -0.2) is 5.43 Å². The molecule has 0 aliphatic rings. The van der Waals surface area contributed by atoms with Gasteiger partial charge >= 0.3 is 0 Å². The van der Waals surface area contributed by atoms with Gasteiger partial charge in [0.1, 0.15) is 5.75 Å². The molecule has 1 heterocycles. The topological polar surface area (TPSA) is 55.6 Å². The molecular formula is C20H18ClN3O2. The first-order chi connectivity index (χ1) is 12.6. The van der Waals surface area contributed by atoms with Crippen LogP contribution in [0.15, 0.2) is 72.0 Å². The van der Waals surface area contributed by atoms with Crippen molar-refractivity contribution < 1.29 is 9.53 Å². The number of benzene rings is 2. The van der Waals surface area contributed by atoms with Gasteiger partial charge in [0.15, 0.2) is 6.61 Å². The summed E-state index contributed by atoms with van der Waals surface area (Å²) in [7, 11) is 0. The molecule has 1 amide bonds. The van der Waals surface area contributed by atoms with Crippen LogP contribution in [0, 0.1) is 6.92 Å². The number of para-hydroxylation sites is 1. The Morgan fingerprint density at radius 3 is 2.77 bits per heavy atom. The second-order valence-electron chi connectivity index (χ2n) is 5.66. The van der Waals surface area contributed by atoms with Crippen molar-refractivity contribution in [3.8, 4) is 11.4 Å². The zero-order chi connectivity index (χ0) is 18.4. The van der Waals surface area contributed by atoms with Crippen LogP contribution < -0.4 is 10.2 Å². The highest BCUT2D eigenvalue weighted by atomic mass is 35.5. The summed E-state index contributed by atoms with van der Waals surface area (Å²) in [6.45, 7) is 1.88. The lowest BCUT2D eigenvalue weighted by Gasteiger charge is -2.05. The molecule has 132 valence electrons. The highest BCUT2D eigenvalue weighted by molar-refractivity contribution is 6.30. The van der Waals surface area contributed by atoms with E-state index in [1.54, 1.807) is 30.5 Å². The monoisotopic (exact) mass is 367 g/mol. The molecule has 0 aliphatic carbocycles. The van der Waals surface area contributed by atoms with Crippen LogP contribution >= 0.6 is 11.6 Å². The summed E-state index contributed by atoms with van der Waals surface area (Å²) in [6, 6.07) is 18.9. The Kier molecular flexibility index (Phi) is 5.71. The van der Waals surface area contributed by atoms with Crippen LogP contribution in [0.4, 0.5) is 0 Å². The molecule has 0 atom stereocenters. The molecule has 0 spiro atoms. The number of hydrogen-bond donors (Lipinski definition) is 1. The van der Waals surface area contributed by atoms with Gasteiger partial charge in [-0.05, 0) is 43.3 Å². The van der Waals surface area contributed by atoms with Crippen LogP contribution in [-0.2, 0) is 4.79 Å². The van der Waals surface area contributed by atoms with Gasteiger partial charge in [-0.3, -0.25) is 4.79 Å². The minimum absolute atomic E-state index is 0.137. The van der Waals surface area contributed by atoms with E-state index in [1.165, 1.54) is 0 Å². The van der Waals surface area contributed by atoms with Crippen LogP contribution in [0.3, 0.4) is 0 Å². The second-order valence-corrected chi connectivity index (χ2v) is 6.10. The van der Waals surface area contributed by atoms with E-state index >= 15 is 0 Å². The van der Waals surface area contributed by atoms with Gasteiger partial charge in [-0.1, -0.05) is 35.9 Å². The Labute approximate surface area is 156 Å². The highest BCUT2D eigenvalue weighted by Gasteiger charge is 2.04. The molecule has 0 fully saturated rings. The number of rotatable bonds is 6. The van der Waals surface area contributed by atoms with Gasteiger partial charge in [0.05, 0.1) is 6.21 Å². The highest BCUT2D eigenvalue weighted by Crippen LogP contribution is 2.17. The first-order valence-corrected chi connectivity index (χ1v) is 8.44. The van der Waals surface area contributed by atoms with Crippen LogP contribution in [0.5, 0.6) is 5.75 Å². The minimum atomic E-state index is -0.347. The fraction of sp³-hybridized carbons (Fsp3) is 0.100. The molecule has 0 unspecified atom stereocenters. The fourth-order valence-electron chi connectivity index (χ4n) is 2.45. The van der Waals surface area contributed by atoms with Gasteiger partial charge in [0.2, 0.25) is 0 Å². The summed E-state index contributed by atoms with van der Waals surface area (Å²) < 4.78 is 7.42. The first-order valence-electron chi connectivity index (χ1n) is 8.06. The summed E-state index contributed by atoms with van der Waals surface area (Å²) in [5, 5.41) is 4.53. The molecular weight excluding hydrogens is 350 g/mol. The zero-order valence-electron chi connectivity index (χ0n) is 14.2. The van der Waals surface area contributed by atoms with Crippen LogP contribution in [-0.4, -0.2) is 23.3 Å². The van der Waals surface area contributed by atoms with Crippen molar-refractivity contribution in [2.45, 2.75) is 6.92 Å². The average molecular weight is 368 g/mol. The van der Waals surface area contributed by atoms with Crippen LogP contribution in [0.1, 0.15) is 11.3 Å². The largest absolute Gasteiger partial charge is 0.484 e.